The number of nitrogens with one attached hydrogen (secondary N) is 1. The third-order valence-electron chi connectivity index (χ3n) is 6.65. The molecule has 1 aliphatic carbocycles. The van der Waals surface area contributed by atoms with Crippen LogP contribution in [0.2, 0.25) is 0 Å². The van der Waals surface area contributed by atoms with Crippen LogP contribution >= 0.6 is 0 Å². The number of ether oxygens (including phenoxy) is 4. The van der Waals surface area contributed by atoms with Gasteiger partial charge in [-0.2, -0.15) is 0 Å². The molecular weight excluding hydrogens is 446 g/mol. The van der Waals surface area contributed by atoms with E-state index >= 15 is 0 Å². The van der Waals surface area contributed by atoms with E-state index in [1.54, 1.807) is 28.3 Å². The van der Waals surface area contributed by atoms with Crippen LogP contribution in [0.4, 0.5) is 0 Å². The highest BCUT2D eigenvalue weighted by atomic mass is 16.5. The maximum atomic E-state index is 13.7. The van der Waals surface area contributed by atoms with Crippen LogP contribution in [0.15, 0.2) is 65.0 Å². The van der Waals surface area contributed by atoms with Gasteiger partial charge in [-0.3, -0.25) is 4.79 Å². The van der Waals surface area contributed by atoms with Crippen LogP contribution in [0.25, 0.3) is 0 Å². The molecule has 2 aromatic rings. The highest BCUT2D eigenvalue weighted by Crippen LogP contribution is 2.48. The van der Waals surface area contributed by atoms with Crippen molar-refractivity contribution >= 4 is 11.8 Å². The minimum atomic E-state index is -0.569. The summed E-state index contributed by atoms with van der Waals surface area (Å²) < 4.78 is 21.8. The Morgan fingerprint density at radius 2 is 1.69 bits per heavy atom. The molecule has 1 heterocycles. The van der Waals surface area contributed by atoms with E-state index in [2.05, 4.69) is 5.32 Å². The van der Waals surface area contributed by atoms with E-state index in [9.17, 15) is 9.59 Å². The van der Waals surface area contributed by atoms with Crippen molar-refractivity contribution in [2.45, 2.75) is 38.5 Å². The maximum Gasteiger partial charge on any atom is 0.336 e. The fourth-order valence-electron chi connectivity index (χ4n) is 5.08. The Hall–Kier alpha value is -3.74. The number of hydrogen-bond donors (Lipinski definition) is 1. The first-order valence-electron chi connectivity index (χ1n) is 11.7. The van der Waals surface area contributed by atoms with Crippen molar-refractivity contribution in [2.24, 2.45) is 0 Å². The van der Waals surface area contributed by atoms with E-state index in [1.807, 2.05) is 49.4 Å². The van der Waals surface area contributed by atoms with Crippen LogP contribution in [0, 0.1) is 0 Å². The molecule has 0 fully saturated rings. The largest absolute Gasteiger partial charge is 0.496 e. The molecule has 0 spiro atoms. The molecule has 0 aromatic heterocycles. The Balaban J connectivity index is 1.80. The first-order valence-corrected chi connectivity index (χ1v) is 11.7. The number of methoxy groups -OCH3 is 3. The smallest absolute Gasteiger partial charge is 0.336 e. The molecule has 0 unspecified atom stereocenters. The van der Waals surface area contributed by atoms with Crippen LogP contribution in [-0.4, -0.2) is 39.7 Å². The third-order valence-corrected chi connectivity index (χ3v) is 6.65. The monoisotopic (exact) mass is 477 g/mol. The number of hydrogen-bond acceptors (Lipinski definition) is 7. The lowest BCUT2D eigenvalue weighted by molar-refractivity contribution is -0.138. The Labute approximate surface area is 205 Å². The zero-order chi connectivity index (χ0) is 25.1. The highest BCUT2D eigenvalue weighted by Gasteiger charge is 2.42. The van der Waals surface area contributed by atoms with Crippen molar-refractivity contribution in [1.82, 2.24) is 5.32 Å². The van der Waals surface area contributed by atoms with Gasteiger partial charge < -0.3 is 24.3 Å². The number of dihydropyridines is 1. The van der Waals surface area contributed by atoms with Crippen LogP contribution in [-0.2, 0) is 14.3 Å². The summed E-state index contributed by atoms with van der Waals surface area (Å²) in [6, 6.07) is 13.3. The number of para-hydroxylation sites is 1. The number of Topliss-reactive ketones (excluding diaryl/α,β-unsaturated/α-hetero) is 1. The maximum absolute atomic E-state index is 13.7. The van der Waals surface area contributed by atoms with Gasteiger partial charge in [-0.25, -0.2) is 4.79 Å². The summed E-state index contributed by atoms with van der Waals surface area (Å²) in [5, 5.41) is 3.37. The third kappa shape index (κ3) is 4.50. The minimum absolute atomic E-state index is 0.0104. The predicted octanol–water partition coefficient (Wildman–Crippen LogP) is 4.64. The van der Waals surface area contributed by atoms with Crippen molar-refractivity contribution in [3.05, 3.63) is 76.1 Å². The molecule has 0 amide bonds. The fourth-order valence-corrected chi connectivity index (χ4v) is 5.08. The van der Waals surface area contributed by atoms with Gasteiger partial charge in [0.25, 0.3) is 0 Å². The Morgan fingerprint density at radius 1 is 0.971 bits per heavy atom. The van der Waals surface area contributed by atoms with Gasteiger partial charge in [0.1, 0.15) is 5.75 Å². The fraction of sp³-hybridized carbons (Fsp3) is 0.357. The second-order valence-electron chi connectivity index (χ2n) is 8.59. The van der Waals surface area contributed by atoms with Gasteiger partial charge in [0.2, 0.25) is 0 Å². The molecule has 2 aromatic carbocycles. The van der Waals surface area contributed by atoms with Crippen LogP contribution in [0.1, 0.15) is 49.7 Å². The molecule has 2 atom stereocenters. The lowest BCUT2D eigenvalue weighted by atomic mass is 9.71. The van der Waals surface area contributed by atoms with E-state index < -0.39 is 11.9 Å². The lowest BCUT2D eigenvalue weighted by Crippen LogP contribution is -2.36. The van der Waals surface area contributed by atoms with Gasteiger partial charge in [-0.1, -0.05) is 24.3 Å². The molecule has 2 aliphatic rings. The van der Waals surface area contributed by atoms with Crippen LogP contribution in [0.3, 0.4) is 0 Å². The summed E-state index contributed by atoms with van der Waals surface area (Å²) in [6.07, 6.45) is 0.937. The molecule has 0 bridgehead atoms. The normalized spacial score (nSPS) is 19.6. The molecule has 184 valence electrons. The number of allylic oxidation sites excluding steroid dienone is 3. The highest BCUT2D eigenvalue weighted by molar-refractivity contribution is 6.04. The molecule has 0 saturated carbocycles. The molecule has 7 nitrogen and oxygen atoms in total. The van der Waals surface area contributed by atoms with Gasteiger partial charge in [0.15, 0.2) is 17.3 Å². The van der Waals surface area contributed by atoms with Gasteiger partial charge in [-0.05, 0) is 49.9 Å². The Bertz CT molecular complexity index is 1210. The van der Waals surface area contributed by atoms with Crippen molar-refractivity contribution in [3.63, 3.8) is 0 Å². The minimum Gasteiger partial charge on any atom is -0.496 e. The van der Waals surface area contributed by atoms with Gasteiger partial charge in [-0.15, -0.1) is 0 Å². The quantitative estimate of drug-likeness (QED) is 0.582. The van der Waals surface area contributed by atoms with E-state index in [4.69, 9.17) is 18.9 Å². The zero-order valence-corrected chi connectivity index (χ0v) is 20.8. The first-order chi connectivity index (χ1) is 16.9. The summed E-state index contributed by atoms with van der Waals surface area (Å²) in [6.45, 7) is 3.87. The predicted molar refractivity (Wildman–Crippen MR) is 132 cm³/mol. The van der Waals surface area contributed by atoms with Gasteiger partial charge in [0.05, 0.1) is 39.4 Å². The van der Waals surface area contributed by atoms with E-state index in [1.165, 1.54) is 0 Å². The second-order valence-corrected chi connectivity index (χ2v) is 8.59. The van der Waals surface area contributed by atoms with Crippen molar-refractivity contribution in [3.8, 4) is 17.2 Å². The Morgan fingerprint density at radius 3 is 2.37 bits per heavy atom. The number of carbonyl (C=O) groups is 2. The molecule has 0 radical (unpaired) electrons. The summed E-state index contributed by atoms with van der Waals surface area (Å²) in [4.78, 5) is 26.8. The van der Waals surface area contributed by atoms with E-state index in [-0.39, 0.29) is 18.3 Å². The molecule has 1 aliphatic heterocycles. The topological polar surface area (TPSA) is 83.1 Å². The van der Waals surface area contributed by atoms with Crippen molar-refractivity contribution in [1.29, 1.82) is 0 Å². The standard InChI is InChI=1S/C28H31NO6/c1-6-35-28(31)25-16(2)29-20-13-18(17-11-12-23(33-4)24(15-17)34-5)14-21(30)27(20)26(25)19-9-7-8-10-22(19)32-3/h7-12,15,18,26,29H,6,13-14H2,1-5H3/t18-,26+/m0/s1. The number of benzene rings is 2. The van der Waals surface area contributed by atoms with Gasteiger partial charge >= 0.3 is 5.97 Å². The second kappa shape index (κ2) is 10.3. The molecule has 1 N–H and O–H groups in total. The number of ketones is 1. The van der Waals surface area contributed by atoms with Crippen molar-refractivity contribution in [2.75, 3.05) is 27.9 Å². The first kappa shape index (κ1) is 24.4. The zero-order valence-electron chi connectivity index (χ0n) is 20.8. The van der Waals surface area contributed by atoms with Gasteiger partial charge in [0, 0.05) is 29.0 Å². The Kier molecular flexibility index (Phi) is 7.15. The SMILES string of the molecule is CCOC(=O)C1=C(C)NC2=C(C(=O)C[C@@H](c3ccc(OC)c(OC)c3)C2)[C@@H]1c1ccccc1OC. The number of rotatable bonds is 7. The molecular formula is C28H31NO6. The summed E-state index contributed by atoms with van der Waals surface area (Å²) >= 11 is 0. The van der Waals surface area contributed by atoms with E-state index in [0.717, 1.165) is 16.8 Å². The average molecular weight is 478 g/mol. The summed E-state index contributed by atoms with van der Waals surface area (Å²) in [5.74, 6) is 0.836. The van der Waals surface area contributed by atoms with Crippen LogP contribution in [0.5, 0.6) is 17.2 Å². The summed E-state index contributed by atoms with van der Waals surface area (Å²) in [5.41, 5.74) is 4.30. The molecule has 35 heavy (non-hydrogen) atoms. The average Bonchev–Trinajstić information content (AvgIpc) is 2.87. The van der Waals surface area contributed by atoms with Crippen molar-refractivity contribution < 1.29 is 28.5 Å². The molecule has 4 rings (SSSR count). The summed E-state index contributed by atoms with van der Waals surface area (Å²) in [7, 11) is 4.78. The van der Waals surface area contributed by atoms with E-state index in [0.29, 0.717) is 46.9 Å². The number of esters is 1. The lowest BCUT2D eigenvalue weighted by Gasteiger charge is -2.37. The number of carbonyl (C=O) groups excluding carboxylic acids is 2. The molecule has 0 saturated heterocycles. The van der Waals surface area contributed by atoms with Crippen LogP contribution < -0.4 is 19.5 Å². The molecule has 7 heteroatoms.